The maximum atomic E-state index is 13.1. The van der Waals surface area contributed by atoms with Gasteiger partial charge >= 0.3 is 6.18 Å². The fourth-order valence-corrected chi connectivity index (χ4v) is 2.54. The maximum absolute atomic E-state index is 13.1. The van der Waals surface area contributed by atoms with E-state index in [0.717, 1.165) is 18.4 Å². The van der Waals surface area contributed by atoms with Crippen molar-refractivity contribution in [3.8, 4) is 11.5 Å². The van der Waals surface area contributed by atoms with Gasteiger partial charge < -0.3 is 4.74 Å². The Morgan fingerprint density at radius 1 is 1.09 bits per heavy atom. The Morgan fingerprint density at radius 2 is 1.77 bits per heavy atom. The van der Waals surface area contributed by atoms with Crippen LogP contribution in [0.4, 0.5) is 13.2 Å². The third-order valence-corrected chi connectivity index (χ3v) is 4.05. The van der Waals surface area contributed by atoms with Crippen LogP contribution in [-0.2, 0) is 16.0 Å². The predicted octanol–water partition coefficient (Wildman–Crippen LogP) is 4.55. The van der Waals surface area contributed by atoms with Gasteiger partial charge in [0, 0.05) is 11.3 Å². The molecule has 0 aromatic heterocycles. The van der Waals surface area contributed by atoms with Gasteiger partial charge in [0.2, 0.25) is 0 Å². The van der Waals surface area contributed by atoms with E-state index in [4.69, 9.17) is 16.3 Å². The lowest BCUT2D eigenvalue weighted by Gasteiger charge is -2.15. The van der Waals surface area contributed by atoms with Crippen molar-refractivity contribution in [2.24, 2.45) is 0 Å². The van der Waals surface area contributed by atoms with Crippen LogP contribution in [0, 0.1) is 0 Å². The van der Waals surface area contributed by atoms with Crippen LogP contribution in [0.15, 0.2) is 47.4 Å². The minimum atomic E-state index is -4.76. The molecule has 3 nitrogen and oxygen atoms in total. The molecule has 2 aromatic rings. The van der Waals surface area contributed by atoms with Crippen LogP contribution in [-0.4, -0.2) is 14.7 Å². The average Bonchev–Trinajstić information content (AvgIpc) is 2.36. The number of benzene rings is 2. The van der Waals surface area contributed by atoms with Gasteiger partial charge in [0.15, 0.2) is 9.84 Å². The molecule has 0 amide bonds. The number of ether oxygens (including phenoxy) is 1. The minimum absolute atomic E-state index is 0.116. The average molecular weight is 351 g/mol. The van der Waals surface area contributed by atoms with Gasteiger partial charge in [0.1, 0.15) is 11.5 Å². The second kappa shape index (κ2) is 5.81. The number of alkyl halides is 3. The Kier molecular flexibility index (Phi) is 4.39. The number of hydrogen-bond acceptors (Lipinski definition) is 3. The molecule has 22 heavy (non-hydrogen) atoms. The second-order valence-corrected chi connectivity index (χ2v) is 6.94. The SMILES string of the molecule is CS(=O)(=O)c1ccc(Oc2cccc(Cl)c2)c(C(F)(F)F)c1. The van der Waals surface area contributed by atoms with E-state index >= 15 is 0 Å². The highest BCUT2D eigenvalue weighted by Crippen LogP contribution is 2.39. The molecule has 0 saturated carbocycles. The summed E-state index contributed by atoms with van der Waals surface area (Å²) in [7, 11) is -3.76. The monoisotopic (exact) mass is 350 g/mol. The van der Waals surface area contributed by atoms with Crippen LogP contribution in [0.3, 0.4) is 0 Å². The fourth-order valence-electron chi connectivity index (χ4n) is 1.71. The Labute approximate surface area is 130 Å². The lowest BCUT2D eigenvalue weighted by molar-refractivity contribution is -0.138. The van der Waals surface area contributed by atoms with E-state index in [1.54, 1.807) is 6.07 Å². The Bertz CT molecular complexity index is 801. The van der Waals surface area contributed by atoms with E-state index < -0.39 is 32.2 Å². The summed E-state index contributed by atoms with van der Waals surface area (Å²) in [6.45, 7) is 0. The molecule has 0 unspecified atom stereocenters. The summed E-state index contributed by atoms with van der Waals surface area (Å²) in [4.78, 5) is -0.432. The van der Waals surface area contributed by atoms with Crippen molar-refractivity contribution >= 4 is 21.4 Å². The molecule has 0 spiro atoms. The maximum Gasteiger partial charge on any atom is 0.420 e. The molecule has 0 radical (unpaired) electrons. The molecule has 118 valence electrons. The highest BCUT2D eigenvalue weighted by atomic mass is 35.5. The molecule has 8 heteroatoms. The van der Waals surface area contributed by atoms with E-state index in [0.29, 0.717) is 11.1 Å². The van der Waals surface area contributed by atoms with E-state index in [9.17, 15) is 21.6 Å². The van der Waals surface area contributed by atoms with Crippen LogP contribution in [0.25, 0.3) is 0 Å². The van der Waals surface area contributed by atoms with Gasteiger partial charge in [-0.25, -0.2) is 8.42 Å². The van der Waals surface area contributed by atoms with Gasteiger partial charge in [-0.2, -0.15) is 13.2 Å². The van der Waals surface area contributed by atoms with E-state index in [1.165, 1.54) is 18.2 Å². The summed E-state index contributed by atoms with van der Waals surface area (Å²) in [6, 6.07) is 8.45. The van der Waals surface area contributed by atoms with Crippen molar-refractivity contribution in [2.75, 3.05) is 6.26 Å². The molecule has 0 aliphatic rings. The fraction of sp³-hybridized carbons (Fsp3) is 0.143. The summed E-state index contributed by atoms with van der Waals surface area (Å²) in [6.07, 6.45) is -3.92. The van der Waals surface area contributed by atoms with E-state index in [2.05, 4.69) is 0 Å². The molecular formula is C14H10ClF3O3S. The summed E-state index contributed by atoms with van der Waals surface area (Å²) in [5.74, 6) is -0.382. The van der Waals surface area contributed by atoms with Gasteiger partial charge in [-0.1, -0.05) is 17.7 Å². The molecule has 0 bridgehead atoms. The van der Waals surface area contributed by atoms with Crippen molar-refractivity contribution < 1.29 is 26.3 Å². The van der Waals surface area contributed by atoms with Crippen molar-refractivity contribution in [2.45, 2.75) is 11.1 Å². The van der Waals surface area contributed by atoms with Gasteiger partial charge in [0.25, 0.3) is 0 Å². The first-order valence-corrected chi connectivity index (χ1v) is 8.19. The Morgan fingerprint density at radius 3 is 2.32 bits per heavy atom. The zero-order valence-corrected chi connectivity index (χ0v) is 12.8. The first-order chi connectivity index (χ1) is 10.1. The third-order valence-electron chi connectivity index (χ3n) is 2.71. The molecule has 2 aromatic carbocycles. The van der Waals surface area contributed by atoms with Crippen molar-refractivity contribution in [1.29, 1.82) is 0 Å². The molecule has 0 saturated heterocycles. The third kappa shape index (κ3) is 3.92. The first-order valence-electron chi connectivity index (χ1n) is 5.92. The summed E-state index contributed by atoms with van der Waals surface area (Å²) >= 11 is 5.74. The summed E-state index contributed by atoms with van der Waals surface area (Å²) < 4.78 is 67.3. The quantitative estimate of drug-likeness (QED) is 0.815. The largest absolute Gasteiger partial charge is 0.457 e. The van der Waals surface area contributed by atoms with Crippen LogP contribution >= 0.6 is 11.6 Å². The smallest absolute Gasteiger partial charge is 0.420 e. The topological polar surface area (TPSA) is 43.4 Å². The molecule has 0 aliphatic heterocycles. The lowest BCUT2D eigenvalue weighted by Crippen LogP contribution is -2.09. The van der Waals surface area contributed by atoms with Crippen molar-refractivity contribution in [3.05, 3.63) is 53.1 Å². The molecule has 0 N–H and O–H groups in total. The normalized spacial score (nSPS) is 12.2. The van der Waals surface area contributed by atoms with Crippen molar-refractivity contribution in [3.63, 3.8) is 0 Å². The first kappa shape index (κ1) is 16.6. The van der Waals surface area contributed by atoms with E-state index in [1.807, 2.05) is 0 Å². The molecule has 0 atom stereocenters. The van der Waals surface area contributed by atoms with Crippen LogP contribution in [0.2, 0.25) is 5.02 Å². The number of sulfone groups is 1. The van der Waals surface area contributed by atoms with Crippen LogP contribution in [0.5, 0.6) is 11.5 Å². The molecule has 2 rings (SSSR count). The van der Waals surface area contributed by atoms with Crippen LogP contribution in [0.1, 0.15) is 5.56 Å². The van der Waals surface area contributed by atoms with Crippen LogP contribution < -0.4 is 4.74 Å². The van der Waals surface area contributed by atoms with Gasteiger partial charge in [0.05, 0.1) is 10.5 Å². The van der Waals surface area contributed by atoms with Gasteiger partial charge in [-0.3, -0.25) is 0 Å². The highest BCUT2D eigenvalue weighted by Gasteiger charge is 2.35. The summed E-state index contributed by atoms with van der Waals surface area (Å²) in [5.41, 5.74) is -1.17. The molecular weight excluding hydrogens is 341 g/mol. The standard InChI is InChI=1S/C14H10ClF3O3S/c1-22(19,20)11-5-6-13(12(8-11)14(16,17)18)21-10-4-2-3-9(15)7-10/h2-8H,1H3. The number of halogens is 4. The number of hydrogen-bond donors (Lipinski definition) is 0. The Hall–Kier alpha value is -1.73. The molecule has 0 heterocycles. The Balaban J connectivity index is 2.51. The zero-order valence-electron chi connectivity index (χ0n) is 11.2. The summed E-state index contributed by atoms with van der Waals surface area (Å²) in [5, 5.41) is 0.304. The zero-order chi connectivity index (χ0) is 16.5. The van der Waals surface area contributed by atoms with Crippen molar-refractivity contribution in [1.82, 2.24) is 0 Å². The highest BCUT2D eigenvalue weighted by molar-refractivity contribution is 7.90. The van der Waals surface area contributed by atoms with Gasteiger partial charge in [-0.05, 0) is 36.4 Å². The lowest BCUT2D eigenvalue weighted by atomic mass is 10.2. The minimum Gasteiger partial charge on any atom is -0.457 e. The second-order valence-electron chi connectivity index (χ2n) is 4.49. The predicted molar refractivity (Wildman–Crippen MR) is 76.1 cm³/mol. The number of rotatable bonds is 3. The molecule has 0 aliphatic carbocycles. The van der Waals surface area contributed by atoms with Gasteiger partial charge in [-0.15, -0.1) is 0 Å². The van der Waals surface area contributed by atoms with E-state index in [-0.39, 0.29) is 5.75 Å². The molecule has 0 fully saturated rings.